The third-order valence-electron chi connectivity index (χ3n) is 2.99. The summed E-state index contributed by atoms with van der Waals surface area (Å²) in [6.07, 6.45) is 1.43. The average Bonchev–Trinajstić information content (AvgIpc) is 2.71. The highest BCUT2D eigenvalue weighted by atomic mass is 35.5. The van der Waals surface area contributed by atoms with E-state index in [1.165, 1.54) is 17.8 Å². The molecule has 7 heteroatoms. The van der Waals surface area contributed by atoms with E-state index in [9.17, 15) is 9.59 Å². The Morgan fingerprint density at radius 1 is 1.32 bits per heavy atom. The molecule has 1 aromatic carbocycles. The maximum atomic E-state index is 11.7. The first-order valence-corrected chi connectivity index (χ1v) is 7.90. The second-order valence-corrected chi connectivity index (χ2v) is 7.32. The van der Waals surface area contributed by atoms with E-state index in [1.54, 1.807) is 12.1 Å². The minimum atomic E-state index is -0.423. The Morgan fingerprint density at radius 3 is 2.59 bits per heavy atom. The number of carbonyl (C=O) groups is 2. The lowest BCUT2D eigenvalue weighted by molar-refractivity contribution is -0.125. The molecule has 0 fully saturated rings. The first-order valence-electron chi connectivity index (χ1n) is 6.71. The number of hydrogen-bond donors (Lipinski definition) is 2. The lowest BCUT2D eigenvalue weighted by Gasteiger charge is -2.20. The van der Waals surface area contributed by atoms with E-state index in [1.807, 2.05) is 26.0 Å². The minimum absolute atomic E-state index is 0.0544. The molecular weight excluding hydrogens is 324 g/mol. The van der Waals surface area contributed by atoms with E-state index in [0.717, 1.165) is 5.56 Å². The molecule has 1 heterocycles. The fourth-order valence-electron chi connectivity index (χ4n) is 1.85. The van der Waals surface area contributed by atoms with Crippen LogP contribution in [0.15, 0.2) is 36.1 Å². The van der Waals surface area contributed by atoms with Gasteiger partial charge in [0.2, 0.25) is 5.12 Å². The predicted octanol–water partition coefficient (Wildman–Crippen LogP) is 2.41. The topological polar surface area (TPSA) is 67.4 Å². The van der Waals surface area contributed by atoms with Crippen molar-refractivity contribution < 1.29 is 14.3 Å². The van der Waals surface area contributed by atoms with E-state index in [2.05, 4.69) is 10.9 Å². The molecular formula is C15H17ClN2O3S. The second kappa shape index (κ2) is 7.17. The van der Waals surface area contributed by atoms with Crippen molar-refractivity contribution in [1.29, 1.82) is 0 Å². The van der Waals surface area contributed by atoms with Crippen molar-refractivity contribution in [1.82, 2.24) is 10.9 Å². The molecule has 0 aliphatic carbocycles. The summed E-state index contributed by atoms with van der Waals surface area (Å²) in [6.45, 7) is 4.10. The highest BCUT2D eigenvalue weighted by Crippen LogP contribution is 2.39. The lowest BCUT2D eigenvalue weighted by Crippen LogP contribution is -2.39. The van der Waals surface area contributed by atoms with Crippen LogP contribution in [-0.2, 0) is 20.9 Å². The van der Waals surface area contributed by atoms with Crippen molar-refractivity contribution in [3.63, 3.8) is 0 Å². The molecule has 0 saturated heterocycles. The number of benzene rings is 1. The molecule has 0 aromatic heterocycles. The summed E-state index contributed by atoms with van der Waals surface area (Å²) < 4.78 is 5.00. The van der Waals surface area contributed by atoms with Crippen LogP contribution in [-0.4, -0.2) is 22.4 Å². The standard InChI is InChI=1S/C15H17ClN2O3S/c1-15(2)12(7-14(20)22-15)21-9-13(19)18-17-8-10-3-5-11(16)6-4-10/h3-7,17H,8-9H2,1-2H3,(H,18,19). The molecule has 0 saturated carbocycles. The average molecular weight is 341 g/mol. The van der Waals surface area contributed by atoms with Gasteiger partial charge in [-0.3, -0.25) is 15.0 Å². The van der Waals surface area contributed by atoms with Crippen molar-refractivity contribution in [2.75, 3.05) is 6.61 Å². The van der Waals surface area contributed by atoms with Gasteiger partial charge in [0.15, 0.2) is 6.61 Å². The number of nitrogens with one attached hydrogen (secondary N) is 2. The highest BCUT2D eigenvalue weighted by molar-refractivity contribution is 8.15. The largest absolute Gasteiger partial charge is 0.486 e. The Balaban J connectivity index is 1.71. The maximum absolute atomic E-state index is 11.7. The Bertz CT molecular complexity index is 599. The van der Waals surface area contributed by atoms with Crippen LogP contribution >= 0.6 is 23.4 Å². The number of amides is 1. The predicted molar refractivity (Wildman–Crippen MR) is 87.1 cm³/mol. The summed E-state index contributed by atoms with van der Waals surface area (Å²) >= 11 is 6.98. The van der Waals surface area contributed by atoms with Gasteiger partial charge in [-0.2, -0.15) is 0 Å². The number of carbonyl (C=O) groups excluding carboxylic acids is 2. The number of rotatable bonds is 6. The van der Waals surface area contributed by atoms with Crippen LogP contribution < -0.4 is 10.9 Å². The number of ether oxygens (including phenoxy) is 1. The van der Waals surface area contributed by atoms with Gasteiger partial charge < -0.3 is 4.74 Å². The molecule has 0 radical (unpaired) electrons. The second-order valence-electron chi connectivity index (χ2n) is 5.26. The van der Waals surface area contributed by atoms with Crippen LogP contribution in [0.25, 0.3) is 0 Å². The number of hydrogen-bond acceptors (Lipinski definition) is 5. The van der Waals surface area contributed by atoms with E-state index < -0.39 is 4.75 Å². The van der Waals surface area contributed by atoms with Crippen molar-refractivity contribution in [2.24, 2.45) is 0 Å². The van der Waals surface area contributed by atoms with E-state index in [4.69, 9.17) is 16.3 Å². The first kappa shape index (κ1) is 16.9. The molecule has 1 amide bonds. The summed E-state index contributed by atoms with van der Waals surface area (Å²) in [4.78, 5) is 23.0. The van der Waals surface area contributed by atoms with Gasteiger partial charge in [-0.05, 0) is 31.5 Å². The molecule has 118 valence electrons. The van der Waals surface area contributed by atoms with E-state index in [-0.39, 0.29) is 17.6 Å². The minimum Gasteiger partial charge on any atom is -0.486 e. The summed E-state index contributed by atoms with van der Waals surface area (Å²) in [5, 5.41) is 0.613. The fourth-order valence-corrected chi connectivity index (χ4v) is 2.87. The fraction of sp³-hybridized carbons (Fsp3) is 0.333. The van der Waals surface area contributed by atoms with Gasteiger partial charge in [0, 0.05) is 17.6 Å². The van der Waals surface area contributed by atoms with E-state index in [0.29, 0.717) is 17.3 Å². The van der Waals surface area contributed by atoms with Gasteiger partial charge in [-0.1, -0.05) is 35.5 Å². The van der Waals surface area contributed by atoms with E-state index >= 15 is 0 Å². The molecule has 1 aliphatic heterocycles. The number of thioether (sulfide) groups is 1. The normalized spacial score (nSPS) is 16.3. The highest BCUT2D eigenvalue weighted by Gasteiger charge is 2.35. The molecule has 0 spiro atoms. The van der Waals surface area contributed by atoms with Gasteiger partial charge in [-0.25, -0.2) is 5.43 Å². The molecule has 1 aliphatic rings. The third kappa shape index (κ3) is 4.76. The van der Waals surface area contributed by atoms with Crippen LogP contribution in [0.2, 0.25) is 5.02 Å². The molecule has 22 heavy (non-hydrogen) atoms. The Hall–Kier alpha value is -1.50. The van der Waals surface area contributed by atoms with Crippen molar-refractivity contribution in [2.45, 2.75) is 25.1 Å². The molecule has 0 unspecified atom stereocenters. The zero-order valence-electron chi connectivity index (χ0n) is 12.3. The summed E-state index contributed by atoms with van der Waals surface area (Å²) in [6, 6.07) is 7.30. The Kier molecular flexibility index (Phi) is 5.50. The maximum Gasteiger partial charge on any atom is 0.271 e. The molecule has 0 atom stereocenters. The molecule has 5 nitrogen and oxygen atoms in total. The van der Waals surface area contributed by atoms with Gasteiger partial charge >= 0.3 is 0 Å². The van der Waals surface area contributed by atoms with Crippen molar-refractivity contribution in [3.8, 4) is 0 Å². The molecule has 0 bridgehead atoms. The lowest BCUT2D eigenvalue weighted by atomic mass is 10.1. The Morgan fingerprint density at radius 2 is 2.00 bits per heavy atom. The van der Waals surface area contributed by atoms with Gasteiger partial charge in [-0.15, -0.1) is 0 Å². The third-order valence-corrected chi connectivity index (χ3v) is 4.27. The van der Waals surface area contributed by atoms with Crippen molar-refractivity contribution >= 4 is 34.4 Å². The molecule has 2 N–H and O–H groups in total. The van der Waals surface area contributed by atoms with Gasteiger partial charge in [0.05, 0.1) is 4.75 Å². The zero-order chi connectivity index (χ0) is 16.2. The first-order chi connectivity index (χ1) is 10.4. The van der Waals surface area contributed by atoms with Crippen LogP contribution in [0.4, 0.5) is 0 Å². The summed E-state index contributed by atoms with van der Waals surface area (Å²) in [5.41, 5.74) is 6.35. The van der Waals surface area contributed by atoms with Gasteiger partial charge in [0.1, 0.15) is 5.76 Å². The van der Waals surface area contributed by atoms with Crippen LogP contribution in [0, 0.1) is 0 Å². The van der Waals surface area contributed by atoms with Crippen LogP contribution in [0.1, 0.15) is 19.4 Å². The smallest absolute Gasteiger partial charge is 0.271 e. The number of halogens is 1. The Labute approximate surface area is 138 Å². The summed E-state index contributed by atoms with van der Waals surface area (Å²) in [5.74, 6) is 0.213. The monoisotopic (exact) mass is 340 g/mol. The molecule has 1 aromatic rings. The zero-order valence-corrected chi connectivity index (χ0v) is 13.9. The summed E-state index contributed by atoms with van der Waals surface area (Å²) in [7, 11) is 0. The van der Waals surface area contributed by atoms with Crippen molar-refractivity contribution in [3.05, 3.63) is 46.7 Å². The molecule has 2 rings (SSSR count). The SMILES string of the molecule is CC1(C)SC(=O)C=C1OCC(=O)NNCc1ccc(Cl)cc1. The number of hydrazine groups is 1. The van der Waals surface area contributed by atoms with Gasteiger partial charge in [0.25, 0.3) is 5.91 Å². The van der Waals surface area contributed by atoms with Crippen LogP contribution in [0.3, 0.4) is 0 Å². The quantitative estimate of drug-likeness (QED) is 0.778. The van der Waals surface area contributed by atoms with Crippen LogP contribution in [0.5, 0.6) is 0 Å².